The molecule has 1 aliphatic heterocycles. The van der Waals surface area contributed by atoms with Gasteiger partial charge in [-0.25, -0.2) is 0 Å². The molecule has 0 amide bonds. The molecule has 0 aliphatic carbocycles. The van der Waals surface area contributed by atoms with E-state index in [2.05, 4.69) is 35.9 Å². The molecular formula is C20H24BrNO3. The summed E-state index contributed by atoms with van der Waals surface area (Å²) in [7, 11) is 0. The van der Waals surface area contributed by atoms with E-state index in [4.69, 9.17) is 10.1 Å². The largest absolute Gasteiger partial charge is 0.481 e. The molecule has 1 unspecified atom stereocenters. The molecule has 0 bridgehead atoms. The normalized spacial score (nSPS) is 19.3. The number of carboxylic acids is 1. The molecule has 1 heterocycles. The molecular weight excluding hydrogens is 382 g/mol. The van der Waals surface area contributed by atoms with Gasteiger partial charge in [0.05, 0.1) is 11.3 Å². The number of carboxylic acid groups (broad SMARTS) is 1. The summed E-state index contributed by atoms with van der Waals surface area (Å²) >= 11 is 3.39. The van der Waals surface area contributed by atoms with E-state index in [0.29, 0.717) is 17.9 Å². The van der Waals surface area contributed by atoms with Crippen molar-refractivity contribution in [3.05, 3.63) is 46.0 Å². The predicted octanol–water partition coefficient (Wildman–Crippen LogP) is 5.05. The minimum atomic E-state index is -0.755. The molecule has 0 saturated heterocycles. The van der Waals surface area contributed by atoms with Crippen molar-refractivity contribution in [2.24, 2.45) is 10.9 Å². The average Bonchev–Trinajstić information content (AvgIpc) is 2.94. The van der Waals surface area contributed by atoms with E-state index >= 15 is 0 Å². The van der Waals surface area contributed by atoms with Gasteiger partial charge in [-0.3, -0.25) is 14.6 Å². The number of benzene rings is 1. The van der Waals surface area contributed by atoms with Crippen molar-refractivity contribution in [3.8, 4) is 0 Å². The molecule has 25 heavy (non-hydrogen) atoms. The first-order chi connectivity index (χ1) is 11.8. The van der Waals surface area contributed by atoms with Crippen molar-refractivity contribution in [3.63, 3.8) is 0 Å². The number of unbranched alkanes of at least 4 members (excludes halogenated alkanes) is 1. The molecule has 0 fully saturated rings. The van der Waals surface area contributed by atoms with Crippen LogP contribution in [-0.4, -0.2) is 28.6 Å². The fraction of sp³-hybridized carbons (Fsp3) is 0.450. The SMILES string of the molecule is CC(C)CC1(CCCCC(=O)O)C=CC(c2ccc(Br)cc2C=O)=N1. The number of allylic oxidation sites excluding steroid dienone is 1. The molecule has 0 spiro atoms. The summed E-state index contributed by atoms with van der Waals surface area (Å²) in [6.07, 6.45) is 8.38. The molecule has 1 N–H and O–H groups in total. The van der Waals surface area contributed by atoms with Gasteiger partial charge in [0.25, 0.3) is 0 Å². The van der Waals surface area contributed by atoms with Crippen LogP contribution in [0.1, 0.15) is 61.9 Å². The zero-order chi connectivity index (χ0) is 18.4. The quantitative estimate of drug-likeness (QED) is 0.461. The second-order valence-electron chi connectivity index (χ2n) is 6.98. The van der Waals surface area contributed by atoms with Gasteiger partial charge in [0.15, 0.2) is 6.29 Å². The van der Waals surface area contributed by atoms with Crippen molar-refractivity contribution in [2.75, 3.05) is 0 Å². The lowest BCUT2D eigenvalue weighted by Crippen LogP contribution is -2.25. The van der Waals surface area contributed by atoms with Crippen LogP contribution in [0.4, 0.5) is 0 Å². The fourth-order valence-electron chi connectivity index (χ4n) is 3.33. The van der Waals surface area contributed by atoms with Gasteiger partial charge in [-0.15, -0.1) is 0 Å². The molecule has 1 aromatic rings. The Morgan fingerprint density at radius 1 is 1.36 bits per heavy atom. The van der Waals surface area contributed by atoms with E-state index in [9.17, 15) is 9.59 Å². The summed E-state index contributed by atoms with van der Waals surface area (Å²) in [5.41, 5.74) is 1.98. The van der Waals surface area contributed by atoms with Crippen molar-refractivity contribution in [2.45, 2.75) is 51.5 Å². The minimum Gasteiger partial charge on any atom is -0.481 e. The lowest BCUT2D eigenvalue weighted by molar-refractivity contribution is -0.137. The second-order valence-corrected chi connectivity index (χ2v) is 7.90. The highest BCUT2D eigenvalue weighted by atomic mass is 79.9. The minimum absolute atomic E-state index is 0.194. The molecule has 1 aliphatic rings. The summed E-state index contributed by atoms with van der Waals surface area (Å²) in [6.45, 7) is 4.33. The van der Waals surface area contributed by atoms with Gasteiger partial charge in [-0.1, -0.05) is 48.3 Å². The van der Waals surface area contributed by atoms with Gasteiger partial charge >= 0.3 is 5.97 Å². The number of aldehydes is 1. The summed E-state index contributed by atoms with van der Waals surface area (Å²) in [6, 6.07) is 5.62. The Hall–Kier alpha value is -1.75. The number of aliphatic carboxylic acids is 1. The average molecular weight is 406 g/mol. The van der Waals surface area contributed by atoms with Crippen LogP contribution >= 0.6 is 15.9 Å². The van der Waals surface area contributed by atoms with Gasteiger partial charge in [0.1, 0.15) is 0 Å². The first-order valence-corrected chi connectivity index (χ1v) is 9.40. The van der Waals surface area contributed by atoms with E-state index in [1.807, 2.05) is 18.2 Å². The van der Waals surface area contributed by atoms with Crippen LogP contribution in [0.25, 0.3) is 0 Å². The van der Waals surface area contributed by atoms with Gasteiger partial charge in [0, 0.05) is 22.0 Å². The van der Waals surface area contributed by atoms with Gasteiger partial charge in [-0.2, -0.15) is 0 Å². The molecule has 4 nitrogen and oxygen atoms in total. The van der Waals surface area contributed by atoms with Crippen LogP contribution in [0.3, 0.4) is 0 Å². The van der Waals surface area contributed by atoms with Crippen LogP contribution in [0.5, 0.6) is 0 Å². The van der Waals surface area contributed by atoms with E-state index in [-0.39, 0.29) is 12.0 Å². The van der Waals surface area contributed by atoms with Crippen molar-refractivity contribution in [1.82, 2.24) is 0 Å². The Kier molecular flexibility index (Phi) is 6.71. The van der Waals surface area contributed by atoms with E-state index in [1.165, 1.54) is 0 Å². The van der Waals surface area contributed by atoms with E-state index in [1.54, 1.807) is 6.07 Å². The number of hydrogen-bond donors (Lipinski definition) is 1. The summed E-state index contributed by atoms with van der Waals surface area (Å²) in [5, 5.41) is 8.81. The highest BCUT2D eigenvalue weighted by molar-refractivity contribution is 9.10. The Labute approximate surface area is 157 Å². The number of carbonyl (C=O) groups is 2. The van der Waals surface area contributed by atoms with Crippen LogP contribution in [0, 0.1) is 5.92 Å². The van der Waals surface area contributed by atoms with Crippen molar-refractivity contribution in [1.29, 1.82) is 0 Å². The standard InChI is InChI=1S/C20H24BrNO3/c1-14(2)12-20(9-4-3-5-19(24)25)10-8-18(22-20)17-7-6-16(21)11-15(17)13-23/h6-8,10-11,13-14H,3-5,9,12H2,1-2H3,(H,24,25). The number of rotatable bonds is 9. The van der Waals surface area contributed by atoms with Crippen LogP contribution in [-0.2, 0) is 4.79 Å². The predicted molar refractivity (Wildman–Crippen MR) is 103 cm³/mol. The first kappa shape index (κ1) is 19.6. The number of carbonyl (C=O) groups excluding carboxylic acids is 1. The molecule has 1 atom stereocenters. The maximum absolute atomic E-state index is 11.4. The maximum Gasteiger partial charge on any atom is 0.303 e. The van der Waals surface area contributed by atoms with Crippen molar-refractivity contribution >= 4 is 33.9 Å². The molecule has 2 rings (SSSR count). The first-order valence-electron chi connectivity index (χ1n) is 8.61. The maximum atomic E-state index is 11.4. The third kappa shape index (κ3) is 5.36. The topological polar surface area (TPSA) is 66.7 Å². The molecule has 134 valence electrons. The third-order valence-electron chi connectivity index (χ3n) is 4.32. The Morgan fingerprint density at radius 3 is 2.76 bits per heavy atom. The highest BCUT2D eigenvalue weighted by Crippen LogP contribution is 2.34. The van der Waals surface area contributed by atoms with Gasteiger partial charge in [0.2, 0.25) is 0 Å². The lowest BCUT2D eigenvalue weighted by Gasteiger charge is -2.26. The Morgan fingerprint density at radius 2 is 2.12 bits per heavy atom. The molecule has 1 aromatic carbocycles. The zero-order valence-corrected chi connectivity index (χ0v) is 16.3. The summed E-state index contributed by atoms with van der Waals surface area (Å²) in [5.74, 6) is -0.280. The summed E-state index contributed by atoms with van der Waals surface area (Å²) in [4.78, 5) is 27.1. The molecule has 0 aromatic heterocycles. The highest BCUT2D eigenvalue weighted by Gasteiger charge is 2.31. The zero-order valence-electron chi connectivity index (χ0n) is 14.7. The number of nitrogens with zero attached hydrogens (tertiary/aromatic N) is 1. The van der Waals surface area contributed by atoms with Crippen LogP contribution in [0.15, 0.2) is 39.8 Å². The molecule has 0 radical (unpaired) electrons. The van der Waals surface area contributed by atoms with Gasteiger partial charge < -0.3 is 5.11 Å². The van der Waals surface area contributed by atoms with E-state index < -0.39 is 5.97 Å². The van der Waals surface area contributed by atoms with Crippen LogP contribution < -0.4 is 0 Å². The third-order valence-corrected chi connectivity index (χ3v) is 4.82. The fourth-order valence-corrected chi connectivity index (χ4v) is 3.71. The molecule has 5 heteroatoms. The van der Waals surface area contributed by atoms with Crippen LogP contribution in [0.2, 0.25) is 0 Å². The number of aliphatic imine (C=N–C) groups is 1. The van der Waals surface area contributed by atoms with Crippen molar-refractivity contribution < 1.29 is 14.7 Å². The number of halogens is 1. The Bertz CT molecular complexity index is 709. The smallest absolute Gasteiger partial charge is 0.303 e. The number of hydrogen-bond acceptors (Lipinski definition) is 3. The summed E-state index contributed by atoms with van der Waals surface area (Å²) < 4.78 is 0.864. The molecule has 0 saturated carbocycles. The van der Waals surface area contributed by atoms with Gasteiger partial charge in [-0.05, 0) is 43.4 Å². The lowest BCUT2D eigenvalue weighted by atomic mass is 9.85. The Balaban J connectivity index is 2.23. The monoisotopic (exact) mass is 405 g/mol. The second kappa shape index (κ2) is 8.56. The van der Waals surface area contributed by atoms with E-state index in [0.717, 1.165) is 41.3 Å².